The summed E-state index contributed by atoms with van der Waals surface area (Å²) >= 11 is 19.2. The van der Waals surface area contributed by atoms with Crippen LogP contribution in [-0.2, 0) is 0 Å². The van der Waals surface area contributed by atoms with Crippen molar-refractivity contribution in [2.75, 3.05) is 7.11 Å². The molecule has 0 saturated carbocycles. The van der Waals surface area contributed by atoms with Gasteiger partial charge in [0.25, 0.3) is 0 Å². The molecule has 4 rings (SSSR count). The second-order valence-electron chi connectivity index (χ2n) is 6.64. The smallest absolute Gasteiger partial charge is 0.158 e. The Labute approximate surface area is 183 Å². The molecule has 148 valence electrons. The Hall–Kier alpha value is -2.34. The molecule has 0 aliphatic heterocycles. The zero-order valence-electron chi connectivity index (χ0n) is 15.9. The minimum absolute atomic E-state index is 0.183. The van der Waals surface area contributed by atoms with Gasteiger partial charge in [0.05, 0.1) is 7.11 Å². The lowest BCUT2D eigenvalue weighted by atomic mass is 9.91. The number of benzene rings is 1. The van der Waals surface area contributed by atoms with Gasteiger partial charge < -0.3 is 4.74 Å². The van der Waals surface area contributed by atoms with E-state index in [1.807, 2.05) is 36.4 Å². The van der Waals surface area contributed by atoms with Gasteiger partial charge in [-0.25, -0.2) is 9.97 Å². The predicted molar refractivity (Wildman–Crippen MR) is 116 cm³/mol. The molecule has 3 aromatic heterocycles. The fraction of sp³-hybridized carbons (Fsp3) is 0.190. The van der Waals surface area contributed by atoms with E-state index >= 15 is 0 Å². The van der Waals surface area contributed by atoms with Crippen LogP contribution in [0.4, 0.5) is 0 Å². The Kier molecular flexibility index (Phi) is 5.38. The van der Waals surface area contributed by atoms with Crippen LogP contribution in [0.3, 0.4) is 0 Å². The van der Waals surface area contributed by atoms with Crippen molar-refractivity contribution < 1.29 is 4.74 Å². The number of nitrogens with zero attached hydrogens (tertiary/aromatic N) is 4. The van der Waals surface area contributed by atoms with Crippen LogP contribution in [0, 0.1) is 6.92 Å². The van der Waals surface area contributed by atoms with Gasteiger partial charge in [-0.2, -0.15) is 0 Å². The first-order valence-electron chi connectivity index (χ1n) is 8.89. The van der Waals surface area contributed by atoms with E-state index in [9.17, 15) is 0 Å². The molecule has 0 bridgehead atoms. The van der Waals surface area contributed by atoms with Crippen LogP contribution >= 0.6 is 34.8 Å². The summed E-state index contributed by atoms with van der Waals surface area (Å²) in [6.45, 7) is 3.99. The highest BCUT2D eigenvalue weighted by Crippen LogP contribution is 2.44. The highest BCUT2D eigenvalue weighted by atomic mass is 35.5. The lowest BCUT2D eigenvalue weighted by Crippen LogP contribution is -2.07. The van der Waals surface area contributed by atoms with Gasteiger partial charge in [0, 0.05) is 52.4 Å². The molecule has 5 nitrogen and oxygen atoms in total. The summed E-state index contributed by atoms with van der Waals surface area (Å²) < 4.78 is 7.70. The summed E-state index contributed by atoms with van der Waals surface area (Å²) in [7, 11) is 1.65. The van der Waals surface area contributed by atoms with Gasteiger partial charge in [-0.15, -0.1) is 0 Å². The standard InChI is InChI=1S/C21H17Cl3N4O/c1-11(21-27-20(24)17-19(23)26-7-8-28(17)21)14-9-15(22)12(2)16(18(14)29-3)13-5-4-6-25-10-13/h4-11H,1-3H3. The number of halogens is 3. The molecule has 0 aliphatic rings. The minimum Gasteiger partial charge on any atom is -0.496 e. The Morgan fingerprint density at radius 1 is 1.14 bits per heavy atom. The van der Waals surface area contributed by atoms with Crippen molar-refractivity contribution in [3.63, 3.8) is 0 Å². The zero-order chi connectivity index (χ0) is 20.7. The maximum atomic E-state index is 6.62. The summed E-state index contributed by atoms with van der Waals surface area (Å²) in [5.74, 6) is 1.25. The van der Waals surface area contributed by atoms with Crippen molar-refractivity contribution in [2.24, 2.45) is 0 Å². The molecular formula is C21H17Cl3N4O. The lowest BCUT2D eigenvalue weighted by Gasteiger charge is -2.21. The van der Waals surface area contributed by atoms with Gasteiger partial charge in [0.15, 0.2) is 10.3 Å². The van der Waals surface area contributed by atoms with E-state index in [0.717, 1.165) is 28.0 Å². The number of hydrogen-bond acceptors (Lipinski definition) is 4. The monoisotopic (exact) mass is 446 g/mol. The fourth-order valence-corrected chi connectivity index (χ4v) is 4.34. The Balaban J connectivity index is 1.97. The average molecular weight is 448 g/mol. The Morgan fingerprint density at radius 3 is 2.62 bits per heavy atom. The number of aromatic nitrogens is 4. The van der Waals surface area contributed by atoms with E-state index in [1.54, 1.807) is 31.9 Å². The van der Waals surface area contributed by atoms with Gasteiger partial charge in [0.2, 0.25) is 0 Å². The summed E-state index contributed by atoms with van der Waals surface area (Å²) in [5.41, 5.74) is 4.21. The van der Waals surface area contributed by atoms with Crippen molar-refractivity contribution >= 4 is 40.3 Å². The predicted octanol–water partition coefficient (Wildman–Crippen LogP) is 6.22. The topological polar surface area (TPSA) is 52.3 Å². The van der Waals surface area contributed by atoms with Crippen LogP contribution in [0.2, 0.25) is 15.3 Å². The number of methoxy groups -OCH3 is 1. The fourth-order valence-electron chi connectivity index (χ4n) is 3.57. The van der Waals surface area contributed by atoms with Gasteiger partial charge in [-0.05, 0) is 24.6 Å². The molecule has 1 aromatic carbocycles. The van der Waals surface area contributed by atoms with E-state index in [2.05, 4.69) is 15.0 Å². The molecule has 0 aliphatic carbocycles. The maximum Gasteiger partial charge on any atom is 0.158 e. The van der Waals surface area contributed by atoms with Crippen molar-refractivity contribution in [3.8, 4) is 16.9 Å². The van der Waals surface area contributed by atoms with Gasteiger partial charge >= 0.3 is 0 Å². The molecule has 1 unspecified atom stereocenters. The third kappa shape index (κ3) is 3.33. The van der Waals surface area contributed by atoms with E-state index in [4.69, 9.17) is 39.5 Å². The van der Waals surface area contributed by atoms with Crippen molar-refractivity contribution in [2.45, 2.75) is 19.8 Å². The molecule has 1 atom stereocenters. The normalized spacial score (nSPS) is 12.3. The number of hydrogen-bond donors (Lipinski definition) is 0. The quantitative estimate of drug-likeness (QED) is 0.372. The second-order valence-corrected chi connectivity index (χ2v) is 7.76. The van der Waals surface area contributed by atoms with Crippen LogP contribution in [0.25, 0.3) is 16.6 Å². The highest BCUT2D eigenvalue weighted by Gasteiger charge is 2.25. The summed E-state index contributed by atoms with van der Waals surface area (Å²) in [6, 6.07) is 5.78. The molecule has 4 aromatic rings. The molecule has 29 heavy (non-hydrogen) atoms. The number of imidazole rings is 1. The third-order valence-corrected chi connectivity index (χ3v) is 5.94. The van der Waals surface area contributed by atoms with Gasteiger partial charge in [0.1, 0.15) is 17.1 Å². The minimum atomic E-state index is -0.183. The van der Waals surface area contributed by atoms with Crippen LogP contribution < -0.4 is 4.74 Å². The van der Waals surface area contributed by atoms with E-state index in [-0.39, 0.29) is 5.92 Å². The van der Waals surface area contributed by atoms with Crippen molar-refractivity contribution in [1.82, 2.24) is 19.4 Å². The zero-order valence-corrected chi connectivity index (χ0v) is 18.2. The van der Waals surface area contributed by atoms with Crippen molar-refractivity contribution in [1.29, 1.82) is 0 Å². The van der Waals surface area contributed by atoms with Crippen LogP contribution in [0.1, 0.15) is 29.8 Å². The summed E-state index contributed by atoms with van der Waals surface area (Å²) in [4.78, 5) is 12.9. The lowest BCUT2D eigenvalue weighted by molar-refractivity contribution is 0.409. The number of pyridine rings is 1. The maximum absolute atomic E-state index is 6.62. The number of rotatable bonds is 4. The molecule has 8 heteroatoms. The van der Waals surface area contributed by atoms with Crippen LogP contribution in [-0.4, -0.2) is 26.5 Å². The molecule has 0 amide bonds. The molecule has 0 fully saturated rings. The summed E-state index contributed by atoms with van der Waals surface area (Å²) in [6.07, 6.45) is 6.93. The number of ether oxygens (including phenoxy) is 1. The molecule has 0 N–H and O–H groups in total. The molecule has 0 radical (unpaired) electrons. The highest BCUT2D eigenvalue weighted by molar-refractivity contribution is 6.38. The molecule has 0 spiro atoms. The first-order valence-corrected chi connectivity index (χ1v) is 10.0. The Morgan fingerprint density at radius 2 is 1.93 bits per heavy atom. The largest absolute Gasteiger partial charge is 0.496 e. The second kappa shape index (κ2) is 7.82. The van der Waals surface area contributed by atoms with Crippen molar-refractivity contribution in [3.05, 3.63) is 75.3 Å². The van der Waals surface area contributed by atoms with E-state index in [1.165, 1.54) is 0 Å². The van der Waals surface area contributed by atoms with Gasteiger partial charge in [-0.1, -0.05) is 47.8 Å². The first-order chi connectivity index (χ1) is 13.9. The van der Waals surface area contributed by atoms with E-state index in [0.29, 0.717) is 26.7 Å². The third-order valence-electron chi connectivity index (χ3n) is 5.01. The molecule has 0 saturated heterocycles. The van der Waals surface area contributed by atoms with Crippen LogP contribution in [0.5, 0.6) is 5.75 Å². The molecule has 3 heterocycles. The first kappa shape index (κ1) is 20.0. The SMILES string of the molecule is COc1c(C(C)c2nc(Cl)c3c(Cl)nccn23)cc(Cl)c(C)c1-c1cccnc1. The average Bonchev–Trinajstić information content (AvgIpc) is 3.07. The summed E-state index contributed by atoms with van der Waals surface area (Å²) in [5, 5.41) is 1.24. The molecular weight excluding hydrogens is 431 g/mol. The van der Waals surface area contributed by atoms with Gasteiger partial charge in [-0.3, -0.25) is 9.38 Å². The number of fused-ring (bicyclic) bond motifs is 1. The Bertz CT molecular complexity index is 1210. The van der Waals surface area contributed by atoms with Crippen LogP contribution in [0.15, 0.2) is 43.0 Å². The van der Waals surface area contributed by atoms with E-state index < -0.39 is 0 Å².